The summed E-state index contributed by atoms with van der Waals surface area (Å²) in [6, 6.07) is 0. The highest BCUT2D eigenvalue weighted by molar-refractivity contribution is 5.07. The Kier molecular flexibility index (Phi) is 11.5. The van der Waals surface area contributed by atoms with Crippen LogP contribution >= 0.6 is 0 Å². The van der Waals surface area contributed by atoms with Crippen molar-refractivity contribution in [2.24, 2.45) is 52.8 Å². The topological polar surface area (TPSA) is 49.7 Å². The lowest BCUT2D eigenvalue weighted by Gasteiger charge is -2.57. The van der Waals surface area contributed by atoms with Gasteiger partial charge in [0.05, 0.1) is 12.7 Å². The minimum absolute atomic E-state index is 0. The quantitative estimate of drug-likeness (QED) is 0.454. The first-order chi connectivity index (χ1) is 15.3. The largest absolute Gasteiger partial charge is 0.397 e. The van der Waals surface area contributed by atoms with Gasteiger partial charge < -0.3 is 14.9 Å². The van der Waals surface area contributed by atoms with Crippen molar-refractivity contribution in [1.29, 1.82) is 0 Å². The summed E-state index contributed by atoms with van der Waals surface area (Å²) in [5.41, 5.74) is 0.462. The normalized spacial score (nSPS) is 42.1. The van der Waals surface area contributed by atoms with E-state index in [4.69, 9.17) is 9.84 Å². The lowest BCUT2D eigenvalue weighted by Crippen LogP contribution is -2.49. The molecule has 0 saturated heterocycles. The SMILES string of the molecule is CCC.CCO.COC[C@@H](O)C(C)C1CCC2[C@@H]3CC[C@@H]4C[C@@H](C)CC[C@@H]4C3CC[C@]12C.[HH].[HH].[HH]. The molecule has 0 aliphatic heterocycles. The molecule has 10 atom stereocenters. The van der Waals surface area contributed by atoms with Gasteiger partial charge in [-0.15, -0.1) is 0 Å². The van der Waals surface area contributed by atoms with E-state index in [1.165, 1.54) is 64.2 Å². The third-order valence-corrected chi connectivity index (χ3v) is 9.87. The Labute approximate surface area is 204 Å². The molecule has 0 spiro atoms. The summed E-state index contributed by atoms with van der Waals surface area (Å²) in [7, 11) is 1.71. The predicted octanol–water partition coefficient (Wildman–Crippen LogP) is 7.69. The molecule has 0 aromatic heterocycles. The number of aliphatic hydroxyl groups is 2. The van der Waals surface area contributed by atoms with Gasteiger partial charge >= 0.3 is 0 Å². The fraction of sp³-hybridized carbons (Fsp3) is 1.00. The van der Waals surface area contributed by atoms with Crippen molar-refractivity contribution in [2.45, 2.75) is 112 Å². The lowest BCUT2D eigenvalue weighted by molar-refractivity contribution is -0.0854. The summed E-state index contributed by atoms with van der Waals surface area (Å²) in [6.07, 6.45) is 14.1. The van der Waals surface area contributed by atoms with Crippen LogP contribution in [0.4, 0.5) is 0 Å². The van der Waals surface area contributed by atoms with Crippen molar-refractivity contribution >= 4 is 0 Å². The maximum atomic E-state index is 10.6. The van der Waals surface area contributed by atoms with Crippen molar-refractivity contribution in [3.8, 4) is 0 Å². The minimum atomic E-state index is -0.297. The molecule has 0 aromatic rings. The molecule has 0 aromatic carbocycles. The average Bonchev–Trinajstić information content (AvgIpc) is 3.11. The molecule has 3 nitrogen and oxygen atoms in total. The van der Waals surface area contributed by atoms with Crippen LogP contribution in [-0.2, 0) is 4.74 Å². The third-order valence-electron chi connectivity index (χ3n) is 9.87. The summed E-state index contributed by atoms with van der Waals surface area (Å²) < 4.78 is 5.26. The van der Waals surface area contributed by atoms with E-state index in [0.717, 1.165) is 35.5 Å². The predicted molar refractivity (Wildman–Crippen MR) is 142 cm³/mol. The molecule has 4 fully saturated rings. The van der Waals surface area contributed by atoms with Gasteiger partial charge in [-0.05, 0) is 111 Å². The molecule has 3 heteroatoms. The van der Waals surface area contributed by atoms with Crippen LogP contribution in [0, 0.1) is 52.8 Å². The molecule has 4 unspecified atom stereocenters. The van der Waals surface area contributed by atoms with Crippen molar-refractivity contribution in [3.63, 3.8) is 0 Å². The number of hydrogen-bond acceptors (Lipinski definition) is 3. The Balaban J connectivity index is 0. The van der Waals surface area contributed by atoms with Crippen molar-refractivity contribution < 1.29 is 19.2 Å². The van der Waals surface area contributed by atoms with E-state index >= 15 is 0 Å². The van der Waals surface area contributed by atoms with Gasteiger partial charge in [-0.1, -0.05) is 47.5 Å². The molecule has 4 aliphatic rings. The minimum Gasteiger partial charge on any atom is -0.397 e. The Bertz CT molecular complexity index is 535. The van der Waals surface area contributed by atoms with E-state index < -0.39 is 0 Å². The molecule has 0 bridgehead atoms. The first-order valence-corrected chi connectivity index (χ1v) is 14.1. The smallest absolute Gasteiger partial charge is 0.0801 e. The fourth-order valence-corrected chi connectivity index (χ4v) is 8.58. The number of methoxy groups -OCH3 is 1. The highest BCUT2D eigenvalue weighted by Crippen LogP contribution is 2.65. The van der Waals surface area contributed by atoms with E-state index in [-0.39, 0.29) is 17.0 Å². The van der Waals surface area contributed by atoms with Gasteiger partial charge in [0, 0.05) is 18.0 Å². The second-order valence-electron chi connectivity index (χ2n) is 12.0. The summed E-state index contributed by atoms with van der Waals surface area (Å²) >= 11 is 0. The zero-order valence-corrected chi connectivity index (χ0v) is 22.5. The number of aliphatic hydroxyl groups excluding tert-OH is 2. The van der Waals surface area contributed by atoms with Crippen LogP contribution in [0.5, 0.6) is 0 Å². The van der Waals surface area contributed by atoms with Crippen LogP contribution in [0.25, 0.3) is 0 Å². The summed E-state index contributed by atoms with van der Waals surface area (Å²) in [5.74, 6) is 7.05. The molecule has 0 amide bonds. The molecule has 4 saturated carbocycles. The molecule has 0 radical (unpaired) electrons. The van der Waals surface area contributed by atoms with Crippen LogP contribution in [0.3, 0.4) is 0 Å². The van der Waals surface area contributed by atoms with Crippen molar-refractivity contribution in [2.75, 3.05) is 20.3 Å². The van der Waals surface area contributed by atoms with Gasteiger partial charge in [-0.2, -0.15) is 0 Å². The summed E-state index contributed by atoms with van der Waals surface area (Å²) in [5, 5.41) is 18.1. The highest BCUT2D eigenvalue weighted by atomic mass is 16.5. The van der Waals surface area contributed by atoms with Gasteiger partial charge in [0.15, 0.2) is 0 Å². The van der Waals surface area contributed by atoms with Gasteiger partial charge in [-0.25, -0.2) is 0 Å². The van der Waals surface area contributed by atoms with Gasteiger partial charge in [0.1, 0.15) is 0 Å². The van der Waals surface area contributed by atoms with E-state index in [0.29, 0.717) is 23.9 Å². The van der Waals surface area contributed by atoms with E-state index in [1.54, 1.807) is 14.0 Å². The van der Waals surface area contributed by atoms with Crippen LogP contribution < -0.4 is 0 Å². The second kappa shape index (κ2) is 13.1. The molecule has 2 N–H and O–H groups in total. The molecule has 196 valence electrons. The Hall–Kier alpha value is -0.120. The van der Waals surface area contributed by atoms with Crippen LogP contribution in [-0.4, -0.2) is 36.6 Å². The van der Waals surface area contributed by atoms with Gasteiger partial charge in [0.2, 0.25) is 0 Å². The number of rotatable bonds is 4. The molecule has 4 rings (SSSR count). The molecule has 4 aliphatic carbocycles. The number of hydrogen-bond donors (Lipinski definition) is 2. The van der Waals surface area contributed by atoms with Gasteiger partial charge in [0.25, 0.3) is 0 Å². The maximum Gasteiger partial charge on any atom is 0.0801 e. The first-order valence-electron chi connectivity index (χ1n) is 14.1. The van der Waals surface area contributed by atoms with Crippen molar-refractivity contribution in [3.05, 3.63) is 0 Å². The Morgan fingerprint density at radius 3 is 2.22 bits per heavy atom. The van der Waals surface area contributed by atoms with E-state index in [2.05, 4.69) is 34.6 Å². The monoisotopic (exact) mass is 458 g/mol. The third kappa shape index (κ3) is 6.11. The maximum absolute atomic E-state index is 10.6. The average molecular weight is 459 g/mol. The summed E-state index contributed by atoms with van der Waals surface area (Å²) in [6.45, 7) is 14.0. The van der Waals surface area contributed by atoms with Crippen molar-refractivity contribution in [1.82, 2.24) is 0 Å². The fourth-order valence-electron chi connectivity index (χ4n) is 8.58. The van der Waals surface area contributed by atoms with Crippen LogP contribution in [0.1, 0.15) is 110 Å². The van der Waals surface area contributed by atoms with E-state index in [1.807, 2.05) is 0 Å². The Morgan fingerprint density at radius 2 is 1.59 bits per heavy atom. The number of fused-ring (bicyclic) bond motifs is 5. The van der Waals surface area contributed by atoms with Crippen LogP contribution in [0.15, 0.2) is 0 Å². The van der Waals surface area contributed by atoms with Crippen LogP contribution in [0.2, 0.25) is 0 Å². The highest BCUT2D eigenvalue weighted by Gasteiger charge is 2.58. The lowest BCUT2D eigenvalue weighted by atomic mass is 9.48. The standard InChI is InChI=1S/C24H42O2.C3H8.C2H6O.3H2/c1-15-5-7-18-17(13-15)6-8-20-19(18)11-12-24(3)21(9-10-22(20)24)16(2)23(25)14-26-4;1-3-2;1-2-3;;;/h15-23,25H,5-14H2,1-4H3;3H2,1-2H3;3H,2H2,1H3;3*1H/t15-,16?,17+,18-,19?,20+,21?,22?,23+,24+;;;;;/m0...../s1. The molecular weight excluding hydrogens is 396 g/mol. The molecule has 32 heavy (non-hydrogen) atoms. The second-order valence-corrected chi connectivity index (χ2v) is 12.0. The zero-order valence-electron chi connectivity index (χ0n) is 22.5. The van der Waals surface area contributed by atoms with E-state index in [9.17, 15) is 5.11 Å². The van der Waals surface area contributed by atoms with Gasteiger partial charge in [-0.3, -0.25) is 0 Å². The molecular formula is C29H62O3. The zero-order chi connectivity index (χ0) is 23.9. The number of ether oxygens (including phenoxy) is 1. The summed E-state index contributed by atoms with van der Waals surface area (Å²) in [4.78, 5) is 0. The molecule has 0 heterocycles. The first kappa shape index (κ1) is 28.1. The Morgan fingerprint density at radius 1 is 0.969 bits per heavy atom.